The van der Waals surface area contributed by atoms with Gasteiger partial charge in [-0.15, -0.1) is 12.4 Å². The van der Waals surface area contributed by atoms with Crippen molar-refractivity contribution < 1.29 is 14.1 Å². The number of aromatic nitrogens is 2. The molecular formula is C14H27ClN4O3. The molecule has 0 saturated carbocycles. The van der Waals surface area contributed by atoms with Gasteiger partial charge in [-0.1, -0.05) is 19.0 Å². The molecule has 1 heterocycles. The maximum absolute atomic E-state index is 12.0. The number of ether oxygens (including phenoxy) is 1. The third-order valence-electron chi connectivity index (χ3n) is 2.80. The molecule has 1 atom stereocenters. The minimum atomic E-state index is -0.925. The Morgan fingerprint density at radius 2 is 2.00 bits per heavy atom. The Hall–Kier alpha value is -1.18. The first-order valence-electron chi connectivity index (χ1n) is 7.09. The van der Waals surface area contributed by atoms with Gasteiger partial charge < -0.3 is 19.9 Å². The Morgan fingerprint density at radius 3 is 2.50 bits per heavy atom. The van der Waals surface area contributed by atoms with Crippen LogP contribution in [0, 0.1) is 5.92 Å². The largest absolute Gasteiger partial charge is 0.370 e. The van der Waals surface area contributed by atoms with E-state index in [0.29, 0.717) is 24.2 Å². The van der Waals surface area contributed by atoms with Gasteiger partial charge in [0.15, 0.2) is 5.82 Å². The number of likely N-dealkylation sites (N-methyl/N-ethyl adjacent to an activating group) is 1. The van der Waals surface area contributed by atoms with Crippen molar-refractivity contribution in [3.8, 4) is 0 Å². The zero-order valence-corrected chi connectivity index (χ0v) is 14.9. The SMILES string of the molecule is CC(C)COC(C)c1noc(CN(C)C(=O)C(C)(C)N)n1.Cl. The van der Waals surface area contributed by atoms with Crippen LogP contribution in [-0.2, 0) is 16.1 Å². The van der Waals surface area contributed by atoms with Gasteiger partial charge in [0.2, 0.25) is 11.8 Å². The van der Waals surface area contributed by atoms with E-state index >= 15 is 0 Å². The van der Waals surface area contributed by atoms with Crippen LogP contribution in [0.2, 0.25) is 0 Å². The smallest absolute Gasteiger partial charge is 0.246 e. The van der Waals surface area contributed by atoms with Gasteiger partial charge in [-0.25, -0.2) is 0 Å². The fourth-order valence-corrected chi connectivity index (χ4v) is 1.68. The predicted molar refractivity (Wildman–Crippen MR) is 85.5 cm³/mol. The molecule has 0 aliphatic rings. The molecule has 1 aromatic rings. The Morgan fingerprint density at radius 1 is 1.41 bits per heavy atom. The molecule has 7 nitrogen and oxygen atoms in total. The summed E-state index contributed by atoms with van der Waals surface area (Å²) >= 11 is 0. The number of carbonyl (C=O) groups excluding carboxylic acids is 1. The van der Waals surface area contributed by atoms with Crippen LogP contribution >= 0.6 is 12.4 Å². The number of halogens is 1. The van der Waals surface area contributed by atoms with Gasteiger partial charge >= 0.3 is 0 Å². The highest BCUT2D eigenvalue weighted by atomic mass is 35.5. The molecule has 1 rings (SSSR count). The van der Waals surface area contributed by atoms with E-state index < -0.39 is 5.54 Å². The first-order valence-corrected chi connectivity index (χ1v) is 7.09. The molecule has 128 valence electrons. The highest BCUT2D eigenvalue weighted by Crippen LogP contribution is 2.15. The van der Waals surface area contributed by atoms with Crippen LogP contribution < -0.4 is 5.73 Å². The summed E-state index contributed by atoms with van der Waals surface area (Å²) in [7, 11) is 1.65. The molecule has 0 spiro atoms. The van der Waals surface area contributed by atoms with E-state index in [1.807, 2.05) is 6.92 Å². The fourth-order valence-electron chi connectivity index (χ4n) is 1.68. The summed E-state index contributed by atoms with van der Waals surface area (Å²) in [6.45, 7) is 10.2. The Balaban J connectivity index is 0.00000441. The molecule has 1 amide bonds. The third-order valence-corrected chi connectivity index (χ3v) is 2.80. The molecule has 0 bridgehead atoms. The maximum atomic E-state index is 12.0. The first-order chi connectivity index (χ1) is 9.61. The number of hydrogen-bond acceptors (Lipinski definition) is 6. The second-order valence-electron chi connectivity index (χ2n) is 6.30. The third kappa shape index (κ3) is 6.29. The van der Waals surface area contributed by atoms with E-state index in [4.69, 9.17) is 15.0 Å². The van der Waals surface area contributed by atoms with Crippen molar-refractivity contribution in [2.75, 3.05) is 13.7 Å². The number of hydrogen-bond donors (Lipinski definition) is 1. The molecule has 0 aromatic carbocycles. The Bertz CT molecular complexity index is 471. The van der Waals surface area contributed by atoms with Crippen LogP contribution in [0.1, 0.15) is 52.4 Å². The van der Waals surface area contributed by atoms with Crippen molar-refractivity contribution in [1.29, 1.82) is 0 Å². The monoisotopic (exact) mass is 334 g/mol. The molecule has 0 saturated heterocycles. The van der Waals surface area contributed by atoms with E-state index in [0.717, 1.165) is 0 Å². The molecule has 2 N–H and O–H groups in total. The average Bonchev–Trinajstić information content (AvgIpc) is 2.82. The van der Waals surface area contributed by atoms with Gasteiger partial charge in [0.05, 0.1) is 12.1 Å². The molecule has 0 fully saturated rings. The van der Waals surface area contributed by atoms with E-state index in [9.17, 15) is 4.79 Å². The van der Waals surface area contributed by atoms with Crippen molar-refractivity contribution in [2.24, 2.45) is 11.7 Å². The second-order valence-corrected chi connectivity index (χ2v) is 6.30. The highest BCUT2D eigenvalue weighted by molar-refractivity contribution is 5.85. The minimum Gasteiger partial charge on any atom is -0.370 e. The molecule has 1 unspecified atom stereocenters. The van der Waals surface area contributed by atoms with Crippen molar-refractivity contribution in [2.45, 2.75) is 52.8 Å². The Labute approximate surface area is 138 Å². The number of nitrogens with two attached hydrogens (primary N) is 1. The molecular weight excluding hydrogens is 308 g/mol. The quantitative estimate of drug-likeness (QED) is 0.818. The zero-order valence-electron chi connectivity index (χ0n) is 14.1. The van der Waals surface area contributed by atoms with Crippen molar-refractivity contribution in [3.63, 3.8) is 0 Å². The van der Waals surface area contributed by atoms with Crippen LogP contribution in [0.4, 0.5) is 0 Å². The van der Waals surface area contributed by atoms with Gasteiger partial charge in [0, 0.05) is 13.7 Å². The summed E-state index contributed by atoms with van der Waals surface area (Å²) in [4.78, 5) is 17.7. The zero-order chi connectivity index (χ0) is 16.2. The summed E-state index contributed by atoms with van der Waals surface area (Å²) < 4.78 is 10.8. The van der Waals surface area contributed by atoms with Gasteiger partial charge in [-0.2, -0.15) is 4.98 Å². The lowest BCUT2D eigenvalue weighted by Crippen LogP contribution is -2.49. The fraction of sp³-hybridized carbons (Fsp3) is 0.786. The van der Waals surface area contributed by atoms with Crippen LogP contribution in [0.5, 0.6) is 0 Å². The summed E-state index contributed by atoms with van der Waals surface area (Å²) in [5.41, 5.74) is 4.85. The topological polar surface area (TPSA) is 94.5 Å². The lowest BCUT2D eigenvalue weighted by Gasteiger charge is -2.24. The van der Waals surface area contributed by atoms with Crippen LogP contribution in [-0.4, -0.2) is 40.1 Å². The molecule has 0 aliphatic heterocycles. The average molecular weight is 335 g/mol. The lowest BCUT2D eigenvalue weighted by molar-refractivity contribution is -0.135. The minimum absolute atomic E-state index is 0. The molecule has 1 aromatic heterocycles. The normalized spacial score (nSPS) is 12.9. The van der Waals surface area contributed by atoms with Gasteiger partial charge in [-0.3, -0.25) is 4.79 Å². The number of nitrogens with zero attached hydrogens (tertiary/aromatic N) is 3. The van der Waals surface area contributed by atoms with Gasteiger partial charge in [-0.05, 0) is 26.7 Å². The number of amides is 1. The Kier molecular flexibility index (Phi) is 8.00. The van der Waals surface area contributed by atoms with E-state index in [-0.39, 0.29) is 31.0 Å². The lowest BCUT2D eigenvalue weighted by atomic mass is 10.1. The summed E-state index contributed by atoms with van der Waals surface area (Å²) in [5, 5.41) is 3.89. The molecule has 22 heavy (non-hydrogen) atoms. The first kappa shape index (κ1) is 20.8. The molecule has 0 radical (unpaired) electrons. The molecule has 8 heteroatoms. The van der Waals surface area contributed by atoms with Gasteiger partial charge in [0.1, 0.15) is 6.10 Å². The van der Waals surface area contributed by atoms with Gasteiger partial charge in [0.25, 0.3) is 0 Å². The molecule has 0 aliphatic carbocycles. The summed E-state index contributed by atoms with van der Waals surface area (Å²) in [5.74, 6) is 1.10. The number of carbonyl (C=O) groups is 1. The summed E-state index contributed by atoms with van der Waals surface area (Å²) in [6, 6.07) is 0. The summed E-state index contributed by atoms with van der Waals surface area (Å²) in [6.07, 6.45) is -0.239. The maximum Gasteiger partial charge on any atom is 0.246 e. The van der Waals surface area contributed by atoms with E-state index in [2.05, 4.69) is 24.0 Å². The van der Waals surface area contributed by atoms with Crippen LogP contribution in [0.15, 0.2) is 4.52 Å². The predicted octanol–water partition coefficient (Wildman–Crippen LogP) is 1.92. The van der Waals surface area contributed by atoms with Crippen molar-refractivity contribution >= 4 is 18.3 Å². The standard InChI is InChI=1S/C14H26N4O3.ClH/c1-9(2)8-20-10(3)12-16-11(21-17-12)7-18(6)13(19)14(4,5)15;/h9-10H,7-8,15H2,1-6H3;1H. The highest BCUT2D eigenvalue weighted by Gasteiger charge is 2.27. The second kappa shape index (κ2) is 8.45. The van der Waals surface area contributed by atoms with E-state index in [1.54, 1.807) is 20.9 Å². The van der Waals surface area contributed by atoms with Crippen molar-refractivity contribution in [3.05, 3.63) is 11.7 Å². The van der Waals surface area contributed by atoms with E-state index in [1.165, 1.54) is 4.90 Å². The van der Waals surface area contributed by atoms with Crippen LogP contribution in [0.3, 0.4) is 0 Å². The van der Waals surface area contributed by atoms with Crippen molar-refractivity contribution in [1.82, 2.24) is 15.0 Å². The number of rotatable bonds is 7. The van der Waals surface area contributed by atoms with Crippen LogP contribution in [0.25, 0.3) is 0 Å².